The fraction of sp³-hybridized carbons (Fsp3) is 0.462. The van der Waals surface area contributed by atoms with Crippen molar-refractivity contribution in [1.82, 2.24) is 14.7 Å². The molecule has 2 rings (SSSR count). The lowest BCUT2D eigenvalue weighted by atomic mass is 10.1. The molecule has 110 valence electrons. The number of methoxy groups -OCH3 is 1. The Morgan fingerprint density at radius 2 is 2.30 bits per heavy atom. The quantitative estimate of drug-likeness (QED) is 0.859. The molecule has 0 aromatic carbocycles. The number of likely N-dealkylation sites (N-methyl/N-ethyl adjacent to an activating group) is 1. The van der Waals surface area contributed by atoms with Gasteiger partial charge in [0.1, 0.15) is 11.8 Å². The Morgan fingerprint density at radius 1 is 1.55 bits per heavy atom. The van der Waals surface area contributed by atoms with Crippen molar-refractivity contribution in [3.8, 4) is 5.75 Å². The van der Waals surface area contributed by atoms with Crippen LogP contribution >= 0.6 is 27.3 Å². The molecule has 2 aromatic heterocycles. The Hall–Kier alpha value is -0.890. The maximum absolute atomic E-state index is 10.6. The summed E-state index contributed by atoms with van der Waals surface area (Å²) in [6, 6.07) is 1.91. The van der Waals surface area contributed by atoms with Crippen molar-refractivity contribution in [3.63, 3.8) is 0 Å². The topological polar surface area (TPSA) is 50.5 Å². The summed E-state index contributed by atoms with van der Waals surface area (Å²) < 4.78 is 8.11. The minimum absolute atomic E-state index is 0.610. The fourth-order valence-electron chi connectivity index (χ4n) is 1.91. The van der Waals surface area contributed by atoms with E-state index in [2.05, 4.69) is 25.9 Å². The molecule has 0 amide bonds. The third-order valence-corrected chi connectivity index (χ3v) is 4.51. The number of nitrogens with zero attached hydrogens (tertiary/aromatic N) is 3. The molecule has 1 unspecified atom stereocenters. The van der Waals surface area contributed by atoms with Gasteiger partial charge >= 0.3 is 0 Å². The van der Waals surface area contributed by atoms with Gasteiger partial charge in [-0.1, -0.05) is 0 Å². The van der Waals surface area contributed by atoms with Gasteiger partial charge in [-0.05, 0) is 47.0 Å². The number of aliphatic hydroxyl groups excluding tert-OH is 1. The molecule has 0 spiro atoms. The summed E-state index contributed by atoms with van der Waals surface area (Å²) in [6.45, 7) is 1.55. The van der Waals surface area contributed by atoms with E-state index < -0.39 is 6.10 Å². The normalized spacial score (nSPS) is 12.9. The average molecular weight is 360 g/mol. The molecule has 5 nitrogen and oxygen atoms in total. The zero-order valence-corrected chi connectivity index (χ0v) is 14.1. The molecule has 0 aliphatic carbocycles. The molecular weight excluding hydrogens is 342 g/mol. The van der Waals surface area contributed by atoms with E-state index >= 15 is 0 Å². The van der Waals surface area contributed by atoms with E-state index in [1.54, 1.807) is 29.3 Å². The van der Waals surface area contributed by atoms with Gasteiger partial charge in [-0.3, -0.25) is 4.68 Å². The Bertz CT molecular complexity index is 568. The number of ether oxygens (including phenoxy) is 1. The molecule has 2 heterocycles. The van der Waals surface area contributed by atoms with Gasteiger partial charge in [0.2, 0.25) is 0 Å². The van der Waals surface area contributed by atoms with E-state index in [1.165, 1.54) is 0 Å². The van der Waals surface area contributed by atoms with Crippen LogP contribution in [0.1, 0.15) is 17.4 Å². The average Bonchev–Trinajstić information content (AvgIpc) is 3.01. The second-order valence-electron chi connectivity index (χ2n) is 4.71. The first-order valence-electron chi connectivity index (χ1n) is 6.19. The van der Waals surface area contributed by atoms with E-state index in [1.807, 2.05) is 25.5 Å². The first kappa shape index (κ1) is 15.5. The molecule has 1 N–H and O–H groups in total. The highest BCUT2D eigenvalue weighted by atomic mass is 79.9. The lowest BCUT2D eigenvalue weighted by molar-refractivity contribution is 0.200. The highest BCUT2D eigenvalue weighted by Crippen LogP contribution is 2.33. The van der Waals surface area contributed by atoms with E-state index in [0.717, 1.165) is 15.9 Å². The summed E-state index contributed by atoms with van der Waals surface area (Å²) in [7, 11) is 5.60. The van der Waals surface area contributed by atoms with Crippen LogP contribution in [0.3, 0.4) is 0 Å². The van der Waals surface area contributed by atoms with Gasteiger partial charge in [0.25, 0.3) is 0 Å². The van der Waals surface area contributed by atoms with E-state index in [0.29, 0.717) is 18.0 Å². The first-order valence-corrected chi connectivity index (χ1v) is 7.86. The van der Waals surface area contributed by atoms with Crippen molar-refractivity contribution in [2.24, 2.45) is 0 Å². The largest absolute Gasteiger partial charge is 0.493 e. The molecule has 0 aliphatic rings. The SMILES string of the molecule is COc1cnn(CCN(C)C)c1C(O)c1csc(Br)c1. The van der Waals surface area contributed by atoms with Gasteiger partial charge in [-0.15, -0.1) is 11.3 Å². The molecule has 0 saturated carbocycles. The fourth-order valence-corrected chi connectivity index (χ4v) is 3.10. The maximum atomic E-state index is 10.6. The van der Waals surface area contributed by atoms with E-state index in [9.17, 15) is 5.11 Å². The Kier molecular flexibility index (Phi) is 5.20. The molecular formula is C13H18BrN3O2S. The van der Waals surface area contributed by atoms with Crippen LogP contribution in [0.2, 0.25) is 0 Å². The van der Waals surface area contributed by atoms with Gasteiger partial charge in [0.15, 0.2) is 5.75 Å². The third-order valence-electron chi connectivity index (χ3n) is 2.99. The second-order valence-corrected chi connectivity index (χ2v) is 7.00. The van der Waals surface area contributed by atoms with Crippen molar-refractivity contribution in [2.45, 2.75) is 12.6 Å². The summed E-state index contributed by atoms with van der Waals surface area (Å²) in [5, 5.41) is 16.8. The molecule has 0 aliphatic heterocycles. The predicted octanol–water partition coefficient (Wildman–Crippen LogP) is 2.36. The van der Waals surface area contributed by atoms with Crippen molar-refractivity contribution < 1.29 is 9.84 Å². The Balaban J connectivity index is 2.30. The number of hydrogen-bond donors (Lipinski definition) is 1. The number of halogens is 1. The summed E-state index contributed by atoms with van der Waals surface area (Å²) in [5.74, 6) is 0.610. The number of rotatable bonds is 6. The van der Waals surface area contributed by atoms with Crippen LogP contribution in [-0.2, 0) is 6.54 Å². The summed E-state index contributed by atoms with van der Waals surface area (Å²) in [4.78, 5) is 2.07. The molecule has 0 radical (unpaired) electrons. The van der Waals surface area contributed by atoms with Crippen LogP contribution in [-0.4, -0.2) is 47.5 Å². The highest BCUT2D eigenvalue weighted by Gasteiger charge is 2.22. The Morgan fingerprint density at radius 3 is 2.85 bits per heavy atom. The zero-order valence-electron chi connectivity index (χ0n) is 11.7. The van der Waals surface area contributed by atoms with Gasteiger partial charge in [-0.2, -0.15) is 5.10 Å². The molecule has 2 aromatic rings. The molecule has 0 fully saturated rings. The van der Waals surface area contributed by atoms with Crippen LogP contribution < -0.4 is 4.74 Å². The minimum atomic E-state index is -0.739. The monoisotopic (exact) mass is 359 g/mol. The molecule has 1 atom stereocenters. The summed E-state index contributed by atoms with van der Waals surface area (Å²) in [5.41, 5.74) is 1.53. The van der Waals surface area contributed by atoms with E-state index in [-0.39, 0.29) is 0 Å². The van der Waals surface area contributed by atoms with Crippen molar-refractivity contribution >= 4 is 27.3 Å². The van der Waals surface area contributed by atoms with Crippen molar-refractivity contribution in [1.29, 1.82) is 0 Å². The van der Waals surface area contributed by atoms with Gasteiger partial charge in [0, 0.05) is 6.54 Å². The Labute approximate surface area is 130 Å². The molecule has 0 saturated heterocycles. The zero-order chi connectivity index (χ0) is 14.7. The second kappa shape index (κ2) is 6.71. The highest BCUT2D eigenvalue weighted by molar-refractivity contribution is 9.11. The smallest absolute Gasteiger partial charge is 0.163 e. The van der Waals surface area contributed by atoms with Crippen LogP contribution in [0.15, 0.2) is 21.4 Å². The van der Waals surface area contributed by atoms with Gasteiger partial charge in [0.05, 0.1) is 23.6 Å². The van der Waals surface area contributed by atoms with E-state index in [4.69, 9.17) is 4.74 Å². The standard InChI is InChI=1S/C13H18BrN3O2S/c1-16(2)4-5-17-12(10(19-3)7-15-17)13(18)9-6-11(14)20-8-9/h6-8,13,18H,4-5H2,1-3H3. The van der Waals surface area contributed by atoms with Crippen LogP contribution in [0.25, 0.3) is 0 Å². The molecule has 7 heteroatoms. The number of thiophene rings is 1. The number of aliphatic hydroxyl groups is 1. The van der Waals surface area contributed by atoms with Crippen LogP contribution in [0, 0.1) is 0 Å². The third kappa shape index (κ3) is 3.41. The van der Waals surface area contributed by atoms with Crippen molar-refractivity contribution in [3.05, 3.63) is 32.7 Å². The van der Waals surface area contributed by atoms with Gasteiger partial charge < -0.3 is 14.7 Å². The lowest BCUT2D eigenvalue weighted by Gasteiger charge is -2.16. The number of aromatic nitrogens is 2. The van der Waals surface area contributed by atoms with Gasteiger partial charge in [-0.25, -0.2) is 0 Å². The predicted molar refractivity (Wildman–Crippen MR) is 83.4 cm³/mol. The summed E-state index contributed by atoms with van der Waals surface area (Å²) in [6.07, 6.45) is 0.910. The van der Waals surface area contributed by atoms with Crippen LogP contribution in [0.5, 0.6) is 5.75 Å². The lowest BCUT2D eigenvalue weighted by Crippen LogP contribution is -2.21. The summed E-state index contributed by atoms with van der Waals surface area (Å²) >= 11 is 4.96. The van der Waals surface area contributed by atoms with Crippen LogP contribution in [0.4, 0.5) is 0 Å². The minimum Gasteiger partial charge on any atom is -0.493 e. The maximum Gasteiger partial charge on any atom is 0.163 e. The van der Waals surface area contributed by atoms with Crippen molar-refractivity contribution in [2.75, 3.05) is 27.7 Å². The number of hydrogen-bond acceptors (Lipinski definition) is 5. The molecule has 0 bridgehead atoms. The molecule has 20 heavy (non-hydrogen) atoms. The first-order chi connectivity index (χ1) is 9.52.